The van der Waals surface area contributed by atoms with Crippen molar-refractivity contribution in [3.05, 3.63) is 97.8 Å². The van der Waals surface area contributed by atoms with Crippen LogP contribution in [0.2, 0.25) is 5.02 Å². The zero-order chi connectivity index (χ0) is 21.3. The molecule has 150 valence electrons. The molecule has 0 amide bonds. The Hall–Kier alpha value is -2.89. The van der Waals surface area contributed by atoms with E-state index in [-0.39, 0.29) is 17.8 Å². The Bertz CT molecular complexity index is 1290. The number of benzene rings is 3. The number of carbonyl (C=O) groups excluding carboxylic acids is 1. The molecule has 0 spiro atoms. The first-order valence-corrected chi connectivity index (χ1v) is 10.3. The summed E-state index contributed by atoms with van der Waals surface area (Å²) in [6, 6.07) is 19.1. The standard InChI is InChI=1S/C24H16BrClO4/c1-14-23(16-4-8-18(26)9-5-16)24(28)20-11-10-19(12-22(20)30-14)29-13-21(27)15-2-6-17(25)7-3-15/h2-12H,13H2,1H3. The third-order valence-corrected chi connectivity index (χ3v) is 5.49. The van der Waals surface area contributed by atoms with E-state index in [0.717, 1.165) is 10.0 Å². The van der Waals surface area contributed by atoms with E-state index in [1.54, 1.807) is 73.7 Å². The van der Waals surface area contributed by atoms with Gasteiger partial charge in [0, 0.05) is 21.1 Å². The molecule has 0 bridgehead atoms. The Morgan fingerprint density at radius 1 is 1.03 bits per heavy atom. The number of ether oxygens (including phenoxy) is 1. The fourth-order valence-corrected chi connectivity index (χ4v) is 3.58. The summed E-state index contributed by atoms with van der Waals surface area (Å²) < 4.78 is 12.4. The van der Waals surface area contributed by atoms with Gasteiger partial charge in [0.15, 0.2) is 12.4 Å². The van der Waals surface area contributed by atoms with Gasteiger partial charge in [0.1, 0.15) is 17.1 Å². The van der Waals surface area contributed by atoms with E-state index in [0.29, 0.717) is 38.6 Å². The normalized spacial score (nSPS) is 10.9. The van der Waals surface area contributed by atoms with Gasteiger partial charge in [-0.1, -0.05) is 51.8 Å². The van der Waals surface area contributed by atoms with Crippen LogP contribution in [0.4, 0.5) is 0 Å². The number of carbonyl (C=O) groups is 1. The highest BCUT2D eigenvalue weighted by atomic mass is 79.9. The highest BCUT2D eigenvalue weighted by Crippen LogP contribution is 2.27. The number of ketones is 1. The average molecular weight is 484 g/mol. The van der Waals surface area contributed by atoms with Gasteiger partial charge in [-0.05, 0) is 48.9 Å². The minimum absolute atomic E-state index is 0.112. The van der Waals surface area contributed by atoms with E-state index in [2.05, 4.69) is 15.9 Å². The van der Waals surface area contributed by atoms with Crippen LogP contribution < -0.4 is 10.2 Å². The molecule has 0 atom stereocenters. The summed E-state index contributed by atoms with van der Waals surface area (Å²) in [4.78, 5) is 25.3. The van der Waals surface area contributed by atoms with Crippen molar-refractivity contribution in [3.8, 4) is 16.9 Å². The maximum absolute atomic E-state index is 13.0. The van der Waals surface area contributed by atoms with Gasteiger partial charge >= 0.3 is 0 Å². The summed E-state index contributed by atoms with van der Waals surface area (Å²) in [5, 5.41) is 1.04. The Labute approximate surface area is 186 Å². The smallest absolute Gasteiger partial charge is 0.200 e. The Morgan fingerprint density at radius 2 is 1.73 bits per heavy atom. The largest absolute Gasteiger partial charge is 0.485 e. The summed E-state index contributed by atoms with van der Waals surface area (Å²) in [6.07, 6.45) is 0. The van der Waals surface area contributed by atoms with Gasteiger partial charge in [0.2, 0.25) is 5.43 Å². The van der Waals surface area contributed by atoms with Crippen LogP contribution in [0.25, 0.3) is 22.1 Å². The molecule has 4 rings (SSSR count). The summed E-state index contributed by atoms with van der Waals surface area (Å²) >= 11 is 9.29. The molecule has 0 radical (unpaired) electrons. The molecule has 6 heteroatoms. The third-order valence-electron chi connectivity index (χ3n) is 4.71. The number of hydrogen-bond donors (Lipinski definition) is 0. The van der Waals surface area contributed by atoms with Crippen molar-refractivity contribution in [3.63, 3.8) is 0 Å². The second kappa shape index (κ2) is 8.46. The minimum Gasteiger partial charge on any atom is -0.485 e. The summed E-state index contributed by atoms with van der Waals surface area (Å²) in [6.45, 7) is 1.63. The number of fused-ring (bicyclic) bond motifs is 1. The van der Waals surface area contributed by atoms with E-state index in [9.17, 15) is 9.59 Å². The van der Waals surface area contributed by atoms with E-state index in [1.165, 1.54) is 0 Å². The van der Waals surface area contributed by atoms with Crippen molar-refractivity contribution < 1.29 is 13.9 Å². The monoisotopic (exact) mass is 482 g/mol. The first-order valence-electron chi connectivity index (χ1n) is 9.17. The van der Waals surface area contributed by atoms with Gasteiger partial charge in [-0.2, -0.15) is 0 Å². The molecule has 3 aromatic carbocycles. The number of aryl methyl sites for hydroxylation is 1. The van der Waals surface area contributed by atoms with Crippen LogP contribution in [0.1, 0.15) is 16.1 Å². The molecule has 4 aromatic rings. The summed E-state index contributed by atoms with van der Waals surface area (Å²) in [5.41, 5.74) is 2.08. The lowest BCUT2D eigenvalue weighted by Gasteiger charge is -2.09. The van der Waals surface area contributed by atoms with E-state index in [4.69, 9.17) is 20.8 Å². The van der Waals surface area contributed by atoms with Crippen LogP contribution in [-0.4, -0.2) is 12.4 Å². The number of hydrogen-bond acceptors (Lipinski definition) is 4. The Kier molecular flexibility index (Phi) is 5.75. The van der Waals surface area contributed by atoms with Gasteiger partial charge in [0.25, 0.3) is 0 Å². The first kappa shape index (κ1) is 20.4. The molecule has 1 aromatic heterocycles. The first-order chi connectivity index (χ1) is 14.4. The predicted molar refractivity (Wildman–Crippen MR) is 122 cm³/mol. The van der Waals surface area contributed by atoms with Gasteiger partial charge in [-0.15, -0.1) is 0 Å². The van der Waals surface area contributed by atoms with Crippen LogP contribution >= 0.6 is 27.5 Å². The third kappa shape index (κ3) is 4.18. The maximum Gasteiger partial charge on any atom is 0.200 e. The Balaban J connectivity index is 1.61. The molecule has 4 nitrogen and oxygen atoms in total. The highest BCUT2D eigenvalue weighted by molar-refractivity contribution is 9.10. The minimum atomic E-state index is -0.140. The highest BCUT2D eigenvalue weighted by Gasteiger charge is 2.15. The predicted octanol–water partition coefficient (Wildman–Crippen LogP) is 6.45. The number of rotatable bonds is 5. The lowest BCUT2D eigenvalue weighted by Crippen LogP contribution is -2.12. The molecule has 0 saturated carbocycles. The fourth-order valence-electron chi connectivity index (χ4n) is 3.19. The van der Waals surface area contributed by atoms with E-state index in [1.807, 2.05) is 0 Å². The van der Waals surface area contributed by atoms with Crippen molar-refractivity contribution in [1.29, 1.82) is 0 Å². The molecule has 0 aliphatic heterocycles. The lowest BCUT2D eigenvalue weighted by atomic mass is 10.0. The lowest BCUT2D eigenvalue weighted by molar-refractivity contribution is 0.0921. The van der Waals surface area contributed by atoms with Crippen molar-refractivity contribution in [1.82, 2.24) is 0 Å². The van der Waals surface area contributed by atoms with Crippen LogP contribution in [-0.2, 0) is 0 Å². The molecule has 30 heavy (non-hydrogen) atoms. The van der Waals surface area contributed by atoms with Crippen LogP contribution in [0.15, 0.2) is 80.4 Å². The molecule has 0 aliphatic carbocycles. The molecular weight excluding hydrogens is 468 g/mol. The molecular formula is C24H16BrClO4. The molecule has 0 saturated heterocycles. The topological polar surface area (TPSA) is 56.5 Å². The average Bonchev–Trinajstić information content (AvgIpc) is 2.73. The SMILES string of the molecule is Cc1oc2cc(OCC(=O)c3ccc(Br)cc3)ccc2c(=O)c1-c1ccc(Cl)cc1. The van der Waals surface area contributed by atoms with Crippen LogP contribution in [0, 0.1) is 6.92 Å². The summed E-state index contributed by atoms with van der Waals surface area (Å²) in [7, 11) is 0. The van der Waals surface area contributed by atoms with Crippen LogP contribution in [0.3, 0.4) is 0 Å². The van der Waals surface area contributed by atoms with Crippen LogP contribution in [0.5, 0.6) is 5.75 Å². The molecule has 0 unspecified atom stereocenters. The van der Waals surface area contributed by atoms with E-state index < -0.39 is 0 Å². The van der Waals surface area contributed by atoms with Gasteiger partial charge < -0.3 is 9.15 Å². The molecule has 0 aliphatic rings. The Morgan fingerprint density at radius 3 is 2.43 bits per heavy atom. The quantitative estimate of drug-likeness (QED) is 0.306. The van der Waals surface area contributed by atoms with Crippen molar-refractivity contribution >= 4 is 44.3 Å². The molecule has 1 heterocycles. The second-order valence-corrected chi connectivity index (χ2v) is 8.10. The maximum atomic E-state index is 13.0. The number of halogens is 2. The van der Waals surface area contributed by atoms with Crippen molar-refractivity contribution in [2.24, 2.45) is 0 Å². The second-order valence-electron chi connectivity index (χ2n) is 6.75. The van der Waals surface area contributed by atoms with Gasteiger partial charge in [0.05, 0.1) is 10.9 Å². The zero-order valence-corrected chi connectivity index (χ0v) is 18.3. The van der Waals surface area contributed by atoms with Gasteiger partial charge in [-0.3, -0.25) is 9.59 Å². The molecule has 0 fully saturated rings. The van der Waals surface area contributed by atoms with E-state index >= 15 is 0 Å². The zero-order valence-electron chi connectivity index (χ0n) is 15.9. The van der Waals surface area contributed by atoms with Crippen molar-refractivity contribution in [2.75, 3.05) is 6.61 Å². The van der Waals surface area contributed by atoms with Crippen molar-refractivity contribution in [2.45, 2.75) is 6.92 Å². The number of Topliss-reactive ketones (excluding diaryl/α,β-unsaturated/α-hetero) is 1. The summed E-state index contributed by atoms with van der Waals surface area (Å²) in [5.74, 6) is 0.811. The fraction of sp³-hybridized carbons (Fsp3) is 0.0833. The van der Waals surface area contributed by atoms with Gasteiger partial charge in [-0.25, -0.2) is 0 Å². The molecule has 0 N–H and O–H groups in total.